The van der Waals surface area contributed by atoms with Crippen molar-refractivity contribution in [2.24, 2.45) is 5.10 Å². The molecule has 0 spiro atoms. The highest BCUT2D eigenvalue weighted by Crippen LogP contribution is 2.26. The largest absolute Gasteiger partial charge is 0.451 e. The summed E-state index contributed by atoms with van der Waals surface area (Å²) in [7, 11) is -3.19. The maximum Gasteiger partial charge on any atom is 0.355 e. The average molecular weight is 453 g/mol. The normalized spacial score (nSPS) is 20.8. The Bertz CT molecular complexity index is 1130. The third-order valence-corrected chi connectivity index (χ3v) is 6.83. The summed E-state index contributed by atoms with van der Waals surface area (Å²) in [4.78, 5) is 24.5. The number of ether oxygens (including phenoxy) is 1. The van der Waals surface area contributed by atoms with Crippen molar-refractivity contribution in [3.63, 3.8) is 0 Å². The number of sulfone groups is 1. The van der Waals surface area contributed by atoms with E-state index in [0.29, 0.717) is 17.0 Å². The minimum Gasteiger partial charge on any atom is -0.451 e. The van der Waals surface area contributed by atoms with E-state index in [2.05, 4.69) is 15.3 Å². The zero-order chi connectivity index (χ0) is 21.3. The molecule has 0 aliphatic carbocycles. The maximum absolute atomic E-state index is 12.4. The van der Waals surface area contributed by atoms with Crippen molar-refractivity contribution in [2.75, 3.05) is 11.5 Å². The molecule has 1 atom stereocenters. The van der Waals surface area contributed by atoms with Crippen molar-refractivity contribution in [1.82, 2.24) is 15.2 Å². The van der Waals surface area contributed by atoms with Crippen LogP contribution in [-0.2, 0) is 30.8 Å². The molecule has 0 bridgehead atoms. The van der Waals surface area contributed by atoms with Crippen LogP contribution in [0.2, 0.25) is 5.02 Å². The van der Waals surface area contributed by atoms with Gasteiger partial charge in [-0.05, 0) is 18.6 Å². The van der Waals surface area contributed by atoms with Gasteiger partial charge < -0.3 is 9.15 Å². The van der Waals surface area contributed by atoms with Gasteiger partial charge in [0.1, 0.15) is 5.71 Å². The number of hydrogen-bond acceptors (Lipinski definition) is 9. The van der Waals surface area contributed by atoms with Crippen molar-refractivity contribution < 1.29 is 27.2 Å². The molecule has 4 rings (SSSR count). The van der Waals surface area contributed by atoms with Crippen LogP contribution in [0.5, 0.6) is 0 Å². The van der Waals surface area contributed by atoms with E-state index in [4.69, 9.17) is 20.8 Å². The summed E-state index contributed by atoms with van der Waals surface area (Å²) >= 11 is 6.10. The predicted octanol–water partition coefficient (Wildman–Crippen LogP) is 1.60. The standard InChI is InChI=1S/C18H17ClN4O6S/c19-13-4-2-1-3-12(13)17-21-20-15(29-17)9-28-18(25)14-5-6-16(24)23(22-14)11-7-8-30(26,27)10-11/h1-4,11H,5-10H2/t11-/m0/s1. The highest BCUT2D eigenvalue weighted by atomic mass is 35.5. The molecule has 0 N–H and O–H groups in total. The molecule has 0 saturated carbocycles. The Morgan fingerprint density at radius 3 is 2.80 bits per heavy atom. The summed E-state index contributed by atoms with van der Waals surface area (Å²) in [5, 5.41) is 13.3. The number of halogens is 1. The van der Waals surface area contributed by atoms with Crippen LogP contribution in [0.3, 0.4) is 0 Å². The molecular weight excluding hydrogens is 436 g/mol. The average Bonchev–Trinajstić information content (AvgIpc) is 3.33. The SMILES string of the molecule is O=C(OCc1nnc(-c2ccccc2Cl)o1)C1=NN([C@H]2CCS(=O)(=O)C2)C(=O)CC1. The molecule has 1 aromatic heterocycles. The van der Waals surface area contributed by atoms with E-state index in [1.807, 2.05) is 0 Å². The second-order valence-corrected chi connectivity index (χ2v) is 9.53. The molecule has 3 heterocycles. The first-order valence-corrected chi connectivity index (χ1v) is 11.4. The van der Waals surface area contributed by atoms with Gasteiger partial charge in [-0.2, -0.15) is 5.10 Å². The van der Waals surface area contributed by atoms with Crippen LogP contribution < -0.4 is 0 Å². The molecule has 2 aliphatic rings. The molecule has 0 radical (unpaired) electrons. The van der Waals surface area contributed by atoms with E-state index in [1.165, 1.54) is 0 Å². The smallest absolute Gasteiger partial charge is 0.355 e. The van der Waals surface area contributed by atoms with Gasteiger partial charge in [0, 0.05) is 12.8 Å². The third-order valence-electron chi connectivity index (χ3n) is 4.75. The van der Waals surface area contributed by atoms with E-state index in [1.54, 1.807) is 24.3 Å². The Morgan fingerprint density at radius 1 is 1.27 bits per heavy atom. The van der Waals surface area contributed by atoms with E-state index in [0.717, 1.165) is 5.01 Å². The Morgan fingerprint density at radius 2 is 2.07 bits per heavy atom. The Labute approximate surface area is 176 Å². The monoisotopic (exact) mass is 452 g/mol. The summed E-state index contributed by atoms with van der Waals surface area (Å²) in [6.45, 7) is -0.277. The zero-order valence-corrected chi connectivity index (χ0v) is 17.2. The first-order chi connectivity index (χ1) is 14.3. The number of amides is 1. The molecule has 1 aromatic carbocycles. The number of nitrogens with zero attached hydrogens (tertiary/aromatic N) is 4. The molecule has 30 heavy (non-hydrogen) atoms. The van der Waals surface area contributed by atoms with E-state index in [-0.39, 0.29) is 54.4 Å². The number of benzene rings is 1. The van der Waals surface area contributed by atoms with Crippen molar-refractivity contribution >= 4 is 39.0 Å². The first-order valence-electron chi connectivity index (χ1n) is 9.17. The summed E-state index contributed by atoms with van der Waals surface area (Å²) < 4.78 is 34.0. The lowest BCUT2D eigenvalue weighted by Gasteiger charge is -2.27. The molecule has 1 amide bonds. The van der Waals surface area contributed by atoms with Crippen LogP contribution in [0.1, 0.15) is 25.2 Å². The molecule has 10 nitrogen and oxygen atoms in total. The van der Waals surface area contributed by atoms with E-state index < -0.39 is 21.8 Å². The van der Waals surface area contributed by atoms with Crippen molar-refractivity contribution in [2.45, 2.75) is 31.9 Å². The van der Waals surface area contributed by atoms with Crippen molar-refractivity contribution in [3.8, 4) is 11.5 Å². The number of hydrogen-bond donors (Lipinski definition) is 0. The lowest BCUT2D eigenvalue weighted by atomic mass is 10.1. The zero-order valence-electron chi connectivity index (χ0n) is 15.7. The van der Waals surface area contributed by atoms with Gasteiger partial charge >= 0.3 is 5.97 Å². The lowest BCUT2D eigenvalue weighted by Crippen LogP contribution is -2.42. The van der Waals surface area contributed by atoms with Crippen LogP contribution in [0.15, 0.2) is 33.8 Å². The Kier molecular flexibility index (Phi) is 5.56. The molecule has 1 fully saturated rings. The molecule has 12 heteroatoms. The van der Waals surface area contributed by atoms with Gasteiger partial charge in [-0.25, -0.2) is 18.2 Å². The van der Waals surface area contributed by atoms with Crippen LogP contribution in [-0.4, -0.2) is 58.8 Å². The quantitative estimate of drug-likeness (QED) is 0.625. The molecule has 2 aliphatic heterocycles. The second kappa shape index (κ2) is 8.15. The van der Waals surface area contributed by atoms with Crippen molar-refractivity contribution in [3.05, 3.63) is 35.2 Å². The van der Waals surface area contributed by atoms with Gasteiger partial charge in [0.15, 0.2) is 16.4 Å². The molecule has 158 valence electrons. The predicted molar refractivity (Wildman–Crippen MR) is 105 cm³/mol. The van der Waals surface area contributed by atoms with Crippen LogP contribution in [0, 0.1) is 0 Å². The molecular formula is C18H17ClN4O6S. The van der Waals surface area contributed by atoms with Crippen LogP contribution >= 0.6 is 11.6 Å². The van der Waals surface area contributed by atoms with Crippen LogP contribution in [0.4, 0.5) is 0 Å². The van der Waals surface area contributed by atoms with E-state index >= 15 is 0 Å². The number of esters is 1. The summed E-state index contributed by atoms with van der Waals surface area (Å²) in [6, 6.07) is 6.39. The molecule has 0 unspecified atom stereocenters. The number of aromatic nitrogens is 2. The Hall–Kier alpha value is -2.79. The Balaban J connectivity index is 1.41. The summed E-state index contributed by atoms with van der Waals surface area (Å²) in [5.41, 5.74) is 0.603. The van der Waals surface area contributed by atoms with Gasteiger partial charge in [-0.3, -0.25) is 4.79 Å². The van der Waals surface area contributed by atoms with Gasteiger partial charge in [0.25, 0.3) is 5.89 Å². The summed E-state index contributed by atoms with van der Waals surface area (Å²) in [6.07, 6.45) is 0.469. The fourth-order valence-electron chi connectivity index (χ4n) is 3.24. The number of carbonyl (C=O) groups excluding carboxylic acids is 2. The van der Waals surface area contributed by atoms with Gasteiger partial charge in [0.2, 0.25) is 11.8 Å². The lowest BCUT2D eigenvalue weighted by molar-refractivity contribution is -0.138. The minimum absolute atomic E-state index is 0.00166. The topological polar surface area (TPSA) is 132 Å². The van der Waals surface area contributed by atoms with E-state index in [9.17, 15) is 18.0 Å². The fraction of sp³-hybridized carbons (Fsp3) is 0.389. The number of carbonyl (C=O) groups is 2. The van der Waals surface area contributed by atoms with Gasteiger partial charge in [-0.15, -0.1) is 10.2 Å². The van der Waals surface area contributed by atoms with Gasteiger partial charge in [-0.1, -0.05) is 23.7 Å². The van der Waals surface area contributed by atoms with Crippen LogP contribution in [0.25, 0.3) is 11.5 Å². The second-order valence-electron chi connectivity index (χ2n) is 6.90. The third kappa shape index (κ3) is 4.36. The first kappa shape index (κ1) is 20.5. The maximum atomic E-state index is 12.4. The number of rotatable bonds is 5. The van der Waals surface area contributed by atoms with Gasteiger partial charge in [0.05, 0.1) is 28.1 Å². The molecule has 2 aromatic rings. The minimum atomic E-state index is -3.19. The summed E-state index contributed by atoms with van der Waals surface area (Å²) in [5.74, 6) is -0.926. The fourth-order valence-corrected chi connectivity index (χ4v) is 5.15. The van der Waals surface area contributed by atoms with Crippen molar-refractivity contribution in [1.29, 1.82) is 0 Å². The molecule has 1 saturated heterocycles. The highest BCUT2D eigenvalue weighted by Gasteiger charge is 2.37. The number of hydrazone groups is 1. The highest BCUT2D eigenvalue weighted by molar-refractivity contribution is 7.91.